The van der Waals surface area contributed by atoms with E-state index in [-0.39, 0.29) is 5.91 Å². The third-order valence-electron chi connectivity index (χ3n) is 6.24. The predicted molar refractivity (Wildman–Crippen MR) is 112 cm³/mol. The van der Waals surface area contributed by atoms with E-state index in [9.17, 15) is 4.79 Å². The van der Waals surface area contributed by atoms with Crippen LogP contribution in [0.1, 0.15) is 57.2 Å². The van der Waals surface area contributed by atoms with Crippen LogP contribution in [0.5, 0.6) is 0 Å². The second kappa shape index (κ2) is 8.07. The summed E-state index contributed by atoms with van der Waals surface area (Å²) in [4.78, 5) is 15.2. The van der Waals surface area contributed by atoms with E-state index in [1.807, 2.05) is 42.1 Å². The number of aromatic nitrogens is 3. The van der Waals surface area contributed by atoms with Crippen LogP contribution >= 0.6 is 0 Å². The zero-order chi connectivity index (χ0) is 20.5. The zero-order valence-electron chi connectivity index (χ0n) is 17.4. The maximum atomic E-state index is 12.9. The molecule has 0 bridgehead atoms. The molecule has 0 spiro atoms. The number of hydrogen-bond donors (Lipinski definition) is 1. The lowest BCUT2D eigenvalue weighted by Gasteiger charge is -2.27. The summed E-state index contributed by atoms with van der Waals surface area (Å²) in [6, 6.07) is 9.94. The van der Waals surface area contributed by atoms with E-state index in [1.165, 1.54) is 18.4 Å². The van der Waals surface area contributed by atoms with Crippen molar-refractivity contribution in [3.8, 4) is 0 Å². The number of rotatable bonds is 5. The lowest BCUT2D eigenvalue weighted by atomic mass is 9.96. The van der Waals surface area contributed by atoms with Gasteiger partial charge in [0.1, 0.15) is 11.5 Å². The number of nitrogens with one attached hydrogen (secondary N) is 1. The second-order valence-electron chi connectivity index (χ2n) is 8.26. The van der Waals surface area contributed by atoms with E-state index < -0.39 is 0 Å². The fourth-order valence-electron chi connectivity index (χ4n) is 4.61. The van der Waals surface area contributed by atoms with Gasteiger partial charge in [0.15, 0.2) is 5.69 Å². The fraction of sp³-hybridized carbons (Fsp3) is 0.435. The van der Waals surface area contributed by atoms with Crippen molar-refractivity contribution >= 4 is 5.91 Å². The maximum absolute atomic E-state index is 12.9. The van der Waals surface area contributed by atoms with Crippen molar-refractivity contribution in [1.29, 1.82) is 0 Å². The van der Waals surface area contributed by atoms with E-state index in [4.69, 9.17) is 4.52 Å². The van der Waals surface area contributed by atoms with Gasteiger partial charge in [0, 0.05) is 62.9 Å². The predicted octanol–water partition coefficient (Wildman–Crippen LogP) is 2.78. The highest BCUT2D eigenvalue weighted by atomic mass is 16.5. The van der Waals surface area contributed by atoms with Crippen molar-refractivity contribution in [2.75, 3.05) is 6.54 Å². The van der Waals surface area contributed by atoms with Crippen LogP contribution in [0.15, 0.2) is 34.9 Å². The summed E-state index contributed by atoms with van der Waals surface area (Å²) < 4.78 is 7.44. The van der Waals surface area contributed by atoms with Gasteiger partial charge in [0.2, 0.25) is 0 Å². The molecule has 2 aromatic heterocycles. The van der Waals surface area contributed by atoms with Gasteiger partial charge in [-0.2, -0.15) is 5.10 Å². The molecule has 7 nitrogen and oxygen atoms in total. The molecule has 1 N–H and O–H groups in total. The summed E-state index contributed by atoms with van der Waals surface area (Å²) >= 11 is 0. The van der Waals surface area contributed by atoms with E-state index >= 15 is 0 Å². The molecule has 3 heterocycles. The van der Waals surface area contributed by atoms with Crippen LogP contribution in [-0.2, 0) is 45.9 Å². The molecule has 5 rings (SSSR count). The summed E-state index contributed by atoms with van der Waals surface area (Å²) in [5.74, 6) is 0.952. The highest BCUT2D eigenvalue weighted by Gasteiger charge is 2.29. The molecule has 7 heteroatoms. The van der Waals surface area contributed by atoms with E-state index in [0.29, 0.717) is 18.8 Å². The molecule has 0 unspecified atom stereocenters. The minimum Gasteiger partial charge on any atom is -0.361 e. The SMILES string of the molecule is Cn1nc(C(=O)NCc2ccccc2)c2c1CCN(Cc1noc3c1CCCC3)C2. The summed E-state index contributed by atoms with van der Waals surface area (Å²) in [5.41, 5.74) is 6.17. The van der Waals surface area contributed by atoms with Crippen LogP contribution in [0, 0.1) is 0 Å². The van der Waals surface area contributed by atoms with Crippen molar-refractivity contribution in [3.05, 3.63) is 69.9 Å². The first kappa shape index (κ1) is 19.1. The average molecular weight is 406 g/mol. The van der Waals surface area contributed by atoms with Gasteiger partial charge in [0.05, 0.1) is 0 Å². The highest BCUT2D eigenvalue weighted by molar-refractivity contribution is 5.94. The van der Waals surface area contributed by atoms with Crippen molar-refractivity contribution in [2.45, 2.75) is 51.7 Å². The Kier molecular flexibility index (Phi) is 5.12. The molecule has 30 heavy (non-hydrogen) atoms. The molecule has 0 radical (unpaired) electrons. The van der Waals surface area contributed by atoms with Gasteiger partial charge in [-0.3, -0.25) is 14.4 Å². The molecule has 1 amide bonds. The van der Waals surface area contributed by atoms with E-state index in [1.54, 1.807) is 0 Å². The first-order valence-electron chi connectivity index (χ1n) is 10.7. The number of carbonyl (C=O) groups excluding carboxylic acids is 1. The molecule has 156 valence electrons. The Morgan fingerprint density at radius 2 is 1.97 bits per heavy atom. The first-order chi connectivity index (χ1) is 14.7. The van der Waals surface area contributed by atoms with Crippen LogP contribution in [0.2, 0.25) is 0 Å². The normalized spacial score (nSPS) is 16.2. The van der Waals surface area contributed by atoms with Crippen LogP contribution in [0.25, 0.3) is 0 Å². The molecule has 3 aromatic rings. The van der Waals surface area contributed by atoms with Crippen molar-refractivity contribution in [3.63, 3.8) is 0 Å². The van der Waals surface area contributed by atoms with Crippen LogP contribution < -0.4 is 5.32 Å². The van der Waals surface area contributed by atoms with Gasteiger partial charge in [-0.15, -0.1) is 0 Å². The molecule has 0 atom stereocenters. The fourth-order valence-corrected chi connectivity index (χ4v) is 4.61. The summed E-state index contributed by atoms with van der Waals surface area (Å²) in [5, 5.41) is 11.9. The lowest BCUT2D eigenvalue weighted by Crippen LogP contribution is -2.32. The number of amides is 1. The third-order valence-corrected chi connectivity index (χ3v) is 6.24. The van der Waals surface area contributed by atoms with Crippen LogP contribution in [-0.4, -0.2) is 32.3 Å². The number of fused-ring (bicyclic) bond motifs is 2. The number of hydrogen-bond acceptors (Lipinski definition) is 5. The number of aryl methyl sites for hydroxylation is 2. The van der Waals surface area contributed by atoms with E-state index in [0.717, 1.165) is 60.6 Å². The summed E-state index contributed by atoms with van der Waals surface area (Å²) in [6.07, 6.45) is 5.34. The Labute approximate surface area is 176 Å². The quantitative estimate of drug-likeness (QED) is 0.706. The van der Waals surface area contributed by atoms with Crippen molar-refractivity contribution < 1.29 is 9.32 Å². The van der Waals surface area contributed by atoms with E-state index in [2.05, 4.69) is 20.5 Å². The molecule has 1 aromatic carbocycles. The second-order valence-corrected chi connectivity index (χ2v) is 8.26. The monoisotopic (exact) mass is 405 g/mol. The van der Waals surface area contributed by atoms with Gasteiger partial charge in [-0.05, 0) is 24.8 Å². The molecular formula is C23H27N5O2. The molecule has 1 aliphatic heterocycles. The minimum absolute atomic E-state index is 0.114. The van der Waals surface area contributed by atoms with Gasteiger partial charge < -0.3 is 9.84 Å². The van der Waals surface area contributed by atoms with Crippen molar-refractivity contribution in [1.82, 2.24) is 25.2 Å². The minimum atomic E-state index is -0.114. The summed E-state index contributed by atoms with van der Waals surface area (Å²) in [7, 11) is 1.93. The Hall–Kier alpha value is -2.93. The molecule has 1 aliphatic carbocycles. The van der Waals surface area contributed by atoms with Gasteiger partial charge in [0.25, 0.3) is 5.91 Å². The van der Waals surface area contributed by atoms with Gasteiger partial charge >= 0.3 is 0 Å². The largest absolute Gasteiger partial charge is 0.361 e. The molecule has 0 saturated carbocycles. The van der Waals surface area contributed by atoms with Gasteiger partial charge in [-0.25, -0.2) is 0 Å². The Morgan fingerprint density at radius 1 is 1.13 bits per heavy atom. The maximum Gasteiger partial charge on any atom is 0.272 e. The number of nitrogens with zero attached hydrogens (tertiary/aromatic N) is 4. The highest BCUT2D eigenvalue weighted by Crippen LogP contribution is 2.28. The third kappa shape index (κ3) is 3.65. The van der Waals surface area contributed by atoms with Crippen LogP contribution in [0.3, 0.4) is 0 Å². The summed E-state index contributed by atoms with van der Waals surface area (Å²) in [6.45, 7) is 2.90. The van der Waals surface area contributed by atoms with Gasteiger partial charge in [-0.1, -0.05) is 35.5 Å². The smallest absolute Gasteiger partial charge is 0.272 e. The molecular weight excluding hydrogens is 378 g/mol. The average Bonchev–Trinajstić information content (AvgIpc) is 3.34. The molecule has 0 saturated heterocycles. The van der Waals surface area contributed by atoms with Crippen LogP contribution in [0.4, 0.5) is 0 Å². The van der Waals surface area contributed by atoms with Crippen molar-refractivity contribution in [2.24, 2.45) is 7.05 Å². The molecule has 2 aliphatic rings. The lowest BCUT2D eigenvalue weighted by molar-refractivity contribution is 0.0942. The zero-order valence-corrected chi connectivity index (χ0v) is 17.4. The first-order valence-corrected chi connectivity index (χ1v) is 10.7. The number of benzene rings is 1. The number of carbonyl (C=O) groups is 1. The molecule has 0 fully saturated rings. The Balaban J connectivity index is 1.31. The standard InChI is InChI=1S/C23H27N5O2/c1-27-20-11-12-28(15-19-17-9-5-6-10-21(17)30-26-19)14-18(20)22(25-27)23(29)24-13-16-7-3-2-4-8-16/h2-4,7-8H,5-6,9-15H2,1H3,(H,24,29). The Morgan fingerprint density at radius 3 is 2.83 bits per heavy atom. The topological polar surface area (TPSA) is 76.2 Å². The Bertz CT molecular complexity index is 1050.